The SMILES string of the molecule is CCC/C=C\C/C=C\CCCCCCCC(=O)OC(COC(=O)CCCCCCCCC)COC(=O)CCCCCCCCCCCCCCCCCCC/C=C\CCCCCCCCCC. The van der Waals surface area contributed by atoms with E-state index < -0.39 is 6.10 Å². The largest absolute Gasteiger partial charge is 0.462 e. The number of rotatable bonds is 54. The van der Waals surface area contributed by atoms with Crippen LogP contribution in [-0.2, 0) is 28.6 Å². The van der Waals surface area contributed by atoms with Crippen LogP contribution in [0.25, 0.3) is 0 Å². The summed E-state index contributed by atoms with van der Waals surface area (Å²) in [6, 6.07) is 0. The fraction of sp³-hybridized carbons (Fsp3) is 0.852. The van der Waals surface area contributed by atoms with Crippen LogP contribution in [0.4, 0.5) is 0 Å². The van der Waals surface area contributed by atoms with E-state index >= 15 is 0 Å². The van der Waals surface area contributed by atoms with E-state index in [4.69, 9.17) is 14.2 Å². The van der Waals surface area contributed by atoms with Crippen molar-refractivity contribution < 1.29 is 28.6 Å². The molecule has 6 heteroatoms. The normalized spacial score (nSPS) is 12.2. The molecule has 6 nitrogen and oxygen atoms in total. The van der Waals surface area contributed by atoms with Crippen molar-refractivity contribution in [2.45, 2.75) is 322 Å². The van der Waals surface area contributed by atoms with Crippen molar-refractivity contribution in [2.24, 2.45) is 0 Å². The highest BCUT2D eigenvalue weighted by molar-refractivity contribution is 5.71. The summed E-state index contributed by atoms with van der Waals surface area (Å²) in [6.45, 7) is 6.55. The maximum Gasteiger partial charge on any atom is 0.306 e. The summed E-state index contributed by atoms with van der Waals surface area (Å²) in [5.41, 5.74) is 0. The Balaban J connectivity index is 4.00. The maximum absolute atomic E-state index is 12.8. The van der Waals surface area contributed by atoms with Gasteiger partial charge in [0.05, 0.1) is 0 Å². The first kappa shape index (κ1) is 64.6. The highest BCUT2D eigenvalue weighted by Gasteiger charge is 2.19. The summed E-state index contributed by atoms with van der Waals surface area (Å²) < 4.78 is 16.8. The molecule has 67 heavy (non-hydrogen) atoms. The van der Waals surface area contributed by atoms with Gasteiger partial charge in [-0.3, -0.25) is 14.4 Å². The Labute approximate surface area is 416 Å². The Morgan fingerprint density at radius 1 is 0.299 bits per heavy atom. The van der Waals surface area contributed by atoms with Crippen LogP contribution in [0.15, 0.2) is 36.5 Å². The van der Waals surface area contributed by atoms with Crippen LogP contribution < -0.4 is 0 Å². The van der Waals surface area contributed by atoms with Crippen molar-refractivity contribution in [3.8, 4) is 0 Å². The molecule has 0 aromatic rings. The van der Waals surface area contributed by atoms with Gasteiger partial charge in [0, 0.05) is 19.3 Å². The van der Waals surface area contributed by atoms with Crippen molar-refractivity contribution in [3.05, 3.63) is 36.5 Å². The molecule has 0 bridgehead atoms. The first-order valence-electron chi connectivity index (χ1n) is 29.5. The van der Waals surface area contributed by atoms with E-state index in [1.807, 2.05) is 0 Å². The van der Waals surface area contributed by atoms with E-state index in [0.29, 0.717) is 19.3 Å². The van der Waals surface area contributed by atoms with Gasteiger partial charge in [0.2, 0.25) is 0 Å². The van der Waals surface area contributed by atoms with E-state index in [0.717, 1.165) is 89.9 Å². The molecule has 0 saturated heterocycles. The monoisotopic (exact) mass is 941 g/mol. The second-order valence-electron chi connectivity index (χ2n) is 19.9. The van der Waals surface area contributed by atoms with Crippen molar-refractivity contribution >= 4 is 17.9 Å². The molecule has 0 aromatic carbocycles. The molecular weight excluding hydrogens is 829 g/mol. The van der Waals surface area contributed by atoms with Gasteiger partial charge in [-0.2, -0.15) is 0 Å². The molecule has 0 spiro atoms. The first-order chi connectivity index (χ1) is 33.0. The van der Waals surface area contributed by atoms with Crippen molar-refractivity contribution in [3.63, 3.8) is 0 Å². The molecular formula is C61H112O6. The fourth-order valence-corrected chi connectivity index (χ4v) is 8.65. The Morgan fingerprint density at radius 2 is 0.567 bits per heavy atom. The number of allylic oxidation sites excluding steroid dienone is 6. The smallest absolute Gasteiger partial charge is 0.306 e. The third-order valence-electron chi connectivity index (χ3n) is 13.1. The number of hydrogen-bond donors (Lipinski definition) is 0. The average molecular weight is 942 g/mol. The Morgan fingerprint density at radius 3 is 0.896 bits per heavy atom. The van der Waals surface area contributed by atoms with Gasteiger partial charge < -0.3 is 14.2 Å². The van der Waals surface area contributed by atoms with Crippen molar-refractivity contribution in [1.82, 2.24) is 0 Å². The van der Waals surface area contributed by atoms with Gasteiger partial charge in [0.25, 0.3) is 0 Å². The van der Waals surface area contributed by atoms with Gasteiger partial charge in [-0.1, -0.05) is 263 Å². The van der Waals surface area contributed by atoms with E-state index in [2.05, 4.69) is 57.2 Å². The zero-order valence-corrected chi connectivity index (χ0v) is 44.9. The molecule has 0 aromatic heterocycles. The molecule has 0 aliphatic carbocycles. The molecule has 0 heterocycles. The van der Waals surface area contributed by atoms with Crippen LogP contribution in [0.5, 0.6) is 0 Å². The van der Waals surface area contributed by atoms with Gasteiger partial charge in [0.1, 0.15) is 13.2 Å². The molecule has 0 aliphatic rings. The predicted octanol–water partition coefficient (Wildman–Crippen LogP) is 19.7. The third-order valence-corrected chi connectivity index (χ3v) is 13.1. The van der Waals surface area contributed by atoms with Crippen LogP contribution in [0.3, 0.4) is 0 Å². The standard InChI is InChI=1S/C61H112O6/c1-4-7-10-13-16-18-20-22-23-24-25-26-27-28-29-30-31-32-33-34-35-36-37-39-40-42-45-48-51-54-60(63)66-57-58(56-65-59(62)53-50-47-44-15-12-9-6-3)67-61(64)55-52-49-46-43-41-38-21-19-17-14-11-8-5-2/h11,14,19,21,24-25,58H,4-10,12-13,15-18,20,22-23,26-57H2,1-3H3/b14-11-,21-19-,25-24-. The third kappa shape index (κ3) is 54.4. The van der Waals surface area contributed by atoms with Gasteiger partial charge in [-0.05, 0) is 70.6 Å². The molecule has 0 N–H and O–H groups in total. The Hall–Kier alpha value is -2.37. The predicted molar refractivity (Wildman–Crippen MR) is 289 cm³/mol. The van der Waals surface area contributed by atoms with Gasteiger partial charge in [0.15, 0.2) is 6.10 Å². The fourth-order valence-electron chi connectivity index (χ4n) is 8.65. The zero-order chi connectivity index (χ0) is 48.6. The average Bonchev–Trinajstić information content (AvgIpc) is 3.33. The summed E-state index contributed by atoms with van der Waals surface area (Å²) in [6.07, 6.45) is 67.6. The van der Waals surface area contributed by atoms with Crippen LogP contribution in [0.2, 0.25) is 0 Å². The molecule has 0 aliphatic heterocycles. The maximum atomic E-state index is 12.8. The number of carbonyl (C=O) groups excluding carboxylic acids is 3. The highest BCUT2D eigenvalue weighted by atomic mass is 16.6. The molecule has 0 saturated carbocycles. The summed E-state index contributed by atoms with van der Waals surface area (Å²) in [7, 11) is 0. The van der Waals surface area contributed by atoms with Crippen molar-refractivity contribution in [1.29, 1.82) is 0 Å². The van der Waals surface area contributed by atoms with Crippen molar-refractivity contribution in [2.75, 3.05) is 13.2 Å². The minimum absolute atomic E-state index is 0.0745. The molecule has 0 radical (unpaired) electrons. The quantitative estimate of drug-likeness (QED) is 0.0262. The molecule has 0 fully saturated rings. The summed E-state index contributed by atoms with van der Waals surface area (Å²) in [4.78, 5) is 37.9. The zero-order valence-electron chi connectivity index (χ0n) is 44.9. The van der Waals surface area contributed by atoms with E-state index in [1.54, 1.807) is 0 Å². The Kier molecular flexibility index (Phi) is 54.2. The first-order valence-corrected chi connectivity index (χ1v) is 29.5. The molecule has 0 rings (SSSR count). The Bertz CT molecular complexity index is 1130. The lowest BCUT2D eigenvalue weighted by Crippen LogP contribution is -2.30. The summed E-state index contributed by atoms with van der Waals surface area (Å²) in [5, 5.41) is 0. The minimum atomic E-state index is -0.773. The summed E-state index contributed by atoms with van der Waals surface area (Å²) >= 11 is 0. The number of esters is 3. The number of ether oxygens (including phenoxy) is 3. The number of hydrogen-bond acceptors (Lipinski definition) is 6. The van der Waals surface area contributed by atoms with E-state index in [-0.39, 0.29) is 31.1 Å². The van der Waals surface area contributed by atoms with Crippen LogP contribution >= 0.6 is 0 Å². The van der Waals surface area contributed by atoms with Gasteiger partial charge in [-0.25, -0.2) is 0 Å². The lowest BCUT2D eigenvalue weighted by molar-refractivity contribution is -0.167. The number of carbonyl (C=O) groups is 3. The molecule has 0 amide bonds. The lowest BCUT2D eigenvalue weighted by Gasteiger charge is -2.18. The van der Waals surface area contributed by atoms with Crippen LogP contribution in [0.1, 0.15) is 316 Å². The topological polar surface area (TPSA) is 78.9 Å². The molecule has 392 valence electrons. The summed E-state index contributed by atoms with van der Waals surface area (Å²) in [5.74, 6) is -0.883. The molecule has 1 unspecified atom stereocenters. The van der Waals surface area contributed by atoms with Gasteiger partial charge in [-0.15, -0.1) is 0 Å². The van der Waals surface area contributed by atoms with Crippen LogP contribution in [0, 0.1) is 0 Å². The van der Waals surface area contributed by atoms with E-state index in [1.165, 1.54) is 186 Å². The highest BCUT2D eigenvalue weighted by Crippen LogP contribution is 2.17. The minimum Gasteiger partial charge on any atom is -0.462 e. The molecule has 1 atom stereocenters. The number of unbranched alkanes of at least 4 members (excludes halogenated alkanes) is 37. The van der Waals surface area contributed by atoms with Crippen LogP contribution in [-0.4, -0.2) is 37.2 Å². The van der Waals surface area contributed by atoms with Gasteiger partial charge >= 0.3 is 17.9 Å². The van der Waals surface area contributed by atoms with E-state index in [9.17, 15) is 14.4 Å². The second kappa shape index (κ2) is 56.2. The second-order valence-corrected chi connectivity index (χ2v) is 19.9. The lowest BCUT2D eigenvalue weighted by atomic mass is 10.0.